The number of aromatic nitrogens is 2. The maximum Gasteiger partial charge on any atom is 0.251 e. The maximum absolute atomic E-state index is 12.6. The fraction of sp³-hybridized carbons (Fsp3) is 0.200. The van der Waals surface area contributed by atoms with E-state index in [1.807, 2.05) is 62.4 Å². The number of nitrogens with zero attached hydrogens (tertiary/aromatic N) is 2. The highest BCUT2D eigenvalue weighted by molar-refractivity contribution is 9.10. The number of benzene rings is 3. The van der Waals surface area contributed by atoms with Gasteiger partial charge in [-0.05, 0) is 67.4 Å². The predicted octanol–water partition coefficient (Wildman–Crippen LogP) is 6.08. The van der Waals surface area contributed by atoms with Crippen LogP contribution in [0.3, 0.4) is 0 Å². The molecule has 164 valence electrons. The van der Waals surface area contributed by atoms with Gasteiger partial charge in [0.2, 0.25) is 0 Å². The van der Waals surface area contributed by atoms with Gasteiger partial charge in [-0.15, -0.1) is 0 Å². The maximum atomic E-state index is 12.6. The second-order valence-corrected chi connectivity index (χ2v) is 8.87. The average Bonchev–Trinajstić information content (AvgIpc) is 3.13. The second-order valence-electron chi connectivity index (χ2n) is 7.58. The Kier molecular flexibility index (Phi) is 6.82. The van der Waals surface area contributed by atoms with E-state index < -0.39 is 0 Å². The van der Waals surface area contributed by atoms with E-state index in [0.717, 1.165) is 43.2 Å². The van der Waals surface area contributed by atoms with Crippen molar-refractivity contribution in [2.75, 3.05) is 6.61 Å². The molecule has 1 heterocycles. The number of imidazole rings is 1. The Morgan fingerprint density at radius 2 is 1.84 bits per heavy atom. The van der Waals surface area contributed by atoms with Crippen LogP contribution in [0.25, 0.3) is 11.0 Å². The highest BCUT2D eigenvalue weighted by Gasteiger charge is 2.13. The minimum Gasteiger partial charge on any atom is -0.492 e. The Bertz CT molecular complexity index is 1260. The van der Waals surface area contributed by atoms with Crippen molar-refractivity contribution in [3.8, 4) is 5.75 Å². The highest BCUT2D eigenvalue weighted by Crippen LogP contribution is 2.26. The van der Waals surface area contributed by atoms with Gasteiger partial charge in [0.25, 0.3) is 5.91 Å². The van der Waals surface area contributed by atoms with E-state index in [0.29, 0.717) is 25.3 Å². The molecule has 0 saturated heterocycles. The van der Waals surface area contributed by atoms with Gasteiger partial charge in [0, 0.05) is 15.1 Å². The number of ether oxygens (including phenoxy) is 1. The molecule has 4 rings (SSSR count). The predicted molar refractivity (Wildman–Crippen MR) is 131 cm³/mol. The number of amides is 1. The van der Waals surface area contributed by atoms with E-state index in [-0.39, 0.29) is 5.91 Å². The normalized spacial score (nSPS) is 11.0. The van der Waals surface area contributed by atoms with Crippen molar-refractivity contribution < 1.29 is 9.53 Å². The number of rotatable bonds is 7. The van der Waals surface area contributed by atoms with Gasteiger partial charge in [-0.1, -0.05) is 45.7 Å². The molecule has 3 aromatic carbocycles. The molecular weight excluding hydrogens is 490 g/mol. The number of halogens is 2. The summed E-state index contributed by atoms with van der Waals surface area (Å²) in [7, 11) is 0. The van der Waals surface area contributed by atoms with Crippen molar-refractivity contribution in [3.63, 3.8) is 0 Å². The number of para-hydroxylation sites is 2. The lowest BCUT2D eigenvalue weighted by molar-refractivity contribution is 0.0949. The Balaban J connectivity index is 1.49. The van der Waals surface area contributed by atoms with Crippen LogP contribution in [0.5, 0.6) is 5.75 Å². The SMILES string of the molecule is Cc1cc(OCCn2c(CNC(=O)c3cccc(Br)c3)nc3ccccc32)cc(C)c1Cl. The van der Waals surface area contributed by atoms with Crippen molar-refractivity contribution in [1.29, 1.82) is 0 Å². The van der Waals surface area contributed by atoms with Crippen LogP contribution in [-0.2, 0) is 13.1 Å². The molecule has 0 saturated carbocycles. The average molecular weight is 513 g/mol. The van der Waals surface area contributed by atoms with Crippen molar-refractivity contribution in [1.82, 2.24) is 14.9 Å². The van der Waals surface area contributed by atoms with Gasteiger partial charge in [-0.2, -0.15) is 0 Å². The van der Waals surface area contributed by atoms with Crippen LogP contribution in [0, 0.1) is 13.8 Å². The first-order valence-electron chi connectivity index (χ1n) is 10.3. The largest absolute Gasteiger partial charge is 0.492 e. The summed E-state index contributed by atoms with van der Waals surface area (Å²) in [6, 6.07) is 19.1. The molecule has 32 heavy (non-hydrogen) atoms. The molecule has 0 aliphatic heterocycles. The smallest absolute Gasteiger partial charge is 0.251 e. The molecule has 0 bridgehead atoms. The first-order valence-corrected chi connectivity index (χ1v) is 11.5. The summed E-state index contributed by atoms with van der Waals surface area (Å²) < 4.78 is 8.96. The summed E-state index contributed by atoms with van der Waals surface area (Å²) in [6.07, 6.45) is 0. The van der Waals surface area contributed by atoms with Crippen LogP contribution < -0.4 is 10.1 Å². The molecule has 0 fully saturated rings. The van der Waals surface area contributed by atoms with Crippen LogP contribution in [0.1, 0.15) is 27.3 Å². The number of hydrogen-bond donors (Lipinski definition) is 1. The van der Waals surface area contributed by atoms with E-state index >= 15 is 0 Å². The van der Waals surface area contributed by atoms with Gasteiger partial charge < -0.3 is 14.6 Å². The minimum absolute atomic E-state index is 0.145. The zero-order chi connectivity index (χ0) is 22.7. The van der Waals surface area contributed by atoms with E-state index in [9.17, 15) is 4.79 Å². The zero-order valence-electron chi connectivity index (χ0n) is 17.9. The monoisotopic (exact) mass is 511 g/mol. The fourth-order valence-corrected chi connectivity index (χ4v) is 4.15. The van der Waals surface area contributed by atoms with E-state index in [1.165, 1.54) is 0 Å². The number of nitrogens with one attached hydrogen (secondary N) is 1. The van der Waals surface area contributed by atoms with Crippen LogP contribution >= 0.6 is 27.5 Å². The summed E-state index contributed by atoms with van der Waals surface area (Å²) >= 11 is 9.66. The van der Waals surface area contributed by atoms with Crippen LogP contribution in [-0.4, -0.2) is 22.1 Å². The number of hydrogen-bond acceptors (Lipinski definition) is 3. The van der Waals surface area contributed by atoms with Crippen molar-refractivity contribution in [2.45, 2.75) is 26.9 Å². The van der Waals surface area contributed by atoms with Gasteiger partial charge in [-0.25, -0.2) is 4.98 Å². The Labute approximate surface area is 200 Å². The second kappa shape index (κ2) is 9.76. The number of aryl methyl sites for hydroxylation is 2. The fourth-order valence-electron chi connectivity index (χ4n) is 3.65. The zero-order valence-corrected chi connectivity index (χ0v) is 20.2. The van der Waals surface area contributed by atoms with E-state index in [4.69, 9.17) is 21.3 Å². The molecule has 1 aromatic heterocycles. The molecule has 1 N–H and O–H groups in total. The van der Waals surface area contributed by atoms with Crippen LogP contribution in [0.15, 0.2) is 65.1 Å². The van der Waals surface area contributed by atoms with Gasteiger partial charge >= 0.3 is 0 Å². The summed E-state index contributed by atoms with van der Waals surface area (Å²) in [4.78, 5) is 17.3. The van der Waals surface area contributed by atoms with Crippen LogP contribution in [0.4, 0.5) is 0 Å². The topological polar surface area (TPSA) is 56.1 Å². The van der Waals surface area contributed by atoms with Crippen LogP contribution in [0.2, 0.25) is 5.02 Å². The third-order valence-electron chi connectivity index (χ3n) is 5.22. The van der Waals surface area contributed by atoms with Gasteiger partial charge in [0.05, 0.1) is 24.1 Å². The van der Waals surface area contributed by atoms with Gasteiger partial charge in [-0.3, -0.25) is 4.79 Å². The molecule has 4 aromatic rings. The Morgan fingerprint density at radius 3 is 2.59 bits per heavy atom. The Morgan fingerprint density at radius 1 is 1.09 bits per heavy atom. The summed E-state index contributed by atoms with van der Waals surface area (Å²) in [5.74, 6) is 1.42. The van der Waals surface area contributed by atoms with Crippen molar-refractivity contribution >= 4 is 44.5 Å². The first-order chi connectivity index (χ1) is 15.4. The highest BCUT2D eigenvalue weighted by atomic mass is 79.9. The molecular formula is C25H23BrClN3O2. The number of carbonyl (C=O) groups is 1. The summed E-state index contributed by atoms with van der Waals surface area (Å²) in [6.45, 7) is 5.32. The molecule has 0 radical (unpaired) electrons. The molecule has 0 atom stereocenters. The first kappa shape index (κ1) is 22.4. The number of fused-ring (bicyclic) bond motifs is 1. The molecule has 0 unspecified atom stereocenters. The summed E-state index contributed by atoms with van der Waals surface area (Å²) in [5, 5.41) is 3.74. The standard InChI is InChI=1S/C25H23BrClN3O2/c1-16-12-20(13-17(2)24(16)27)32-11-10-30-22-9-4-3-8-21(22)29-23(30)15-28-25(31)18-6-5-7-19(26)14-18/h3-9,12-14H,10-11,15H2,1-2H3,(H,28,31). The molecule has 7 heteroatoms. The van der Waals surface area contributed by atoms with Crippen molar-refractivity contribution in [3.05, 3.63) is 92.7 Å². The van der Waals surface area contributed by atoms with Crippen molar-refractivity contribution in [2.24, 2.45) is 0 Å². The molecule has 0 aliphatic carbocycles. The lowest BCUT2D eigenvalue weighted by Crippen LogP contribution is -2.25. The lowest BCUT2D eigenvalue weighted by Gasteiger charge is -2.13. The van der Waals surface area contributed by atoms with Gasteiger partial charge in [0.1, 0.15) is 18.2 Å². The number of carbonyl (C=O) groups excluding carboxylic acids is 1. The third kappa shape index (κ3) is 4.97. The molecule has 5 nitrogen and oxygen atoms in total. The molecule has 0 spiro atoms. The Hall–Kier alpha value is -2.83. The van der Waals surface area contributed by atoms with E-state index in [2.05, 4.69) is 25.8 Å². The minimum atomic E-state index is -0.145. The summed E-state index contributed by atoms with van der Waals surface area (Å²) in [5.41, 5.74) is 4.47. The lowest BCUT2D eigenvalue weighted by atomic mass is 10.1. The third-order valence-corrected chi connectivity index (χ3v) is 6.31. The van der Waals surface area contributed by atoms with E-state index in [1.54, 1.807) is 12.1 Å². The molecule has 1 amide bonds. The van der Waals surface area contributed by atoms with Gasteiger partial charge in [0.15, 0.2) is 0 Å². The molecule has 0 aliphatic rings. The quantitative estimate of drug-likeness (QED) is 0.327.